The summed E-state index contributed by atoms with van der Waals surface area (Å²) in [7, 11) is 322. The standard InChI is InChI=1S/C89H130B48/c90-66(91)21-53(22-67(92)93)9-47(10-54(23-68(94)95)24-69(96)97)3-44(4-48(11-55(25-70(98)99)26-71(100)101)12-56(27-72(102)103)28-73(104)105)1-46(7-52(19-64(65(89(136)137)43-88(134)135)20-63(41-86(130)131)42-87(132)133)8-51(17-61(37-82(122)123)38-83(124)125)18-62(39-84(126)127)40-85(128)129)2-45(5-49(13-57(29-74(106)107)30-75(108)109)14-58(31-76(110)111)32-77(112)113)6-50(15-59(33-78(114)115)34-79(116)117)16-60(35-80(118)119)36-81(120)121/h21,44-52,54-89H,1-20,22-43H2/b53-21-/t44?,46?,47?,52?,64?,65-/m1/s1. The summed E-state index contributed by atoms with van der Waals surface area (Å²) in [4.78, 5) is 0. The molecule has 0 nitrogen and oxygen atoms in total. The molecule has 0 aromatic rings. The highest BCUT2D eigenvalue weighted by molar-refractivity contribution is 6.43. The molecule has 6 atom stereocenters. The molecule has 0 fully saturated rings. The summed E-state index contributed by atoms with van der Waals surface area (Å²) in [6.45, 7) is 0. The van der Waals surface area contributed by atoms with E-state index < -0.39 is 143 Å². The van der Waals surface area contributed by atoms with E-state index in [1.165, 1.54) is 0 Å². The third-order valence-electron chi connectivity index (χ3n) is 27.8. The van der Waals surface area contributed by atoms with Crippen LogP contribution in [0.3, 0.4) is 0 Å². The Morgan fingerprint density at radius 1 is 0.117 bits per heavy atom. The van der Waals surface area contributed by atoms with Gasteiger partial charge >= 0.3 is 0 Å². The average molecular weight is 1720 g/mol. The van der Waals surface area contributed by atoms with Crippen molar-refractivity contribution in [1.82, 2.24) is 0 Å². The molecule has 0 bridgehead atoms. The quantitative estimate of drug-likeness (QED) is 0.0422. The van der Waals surface area contributed by atoms with E-state index in [1.807, 2.05) is 6.08 Å². The number of hydrogen-bond acceptors (Lipinski definition) is 0. The van der Waals surface area contributed by atoms with E-state index in [2.05, 4.69) is 0 Å². The van der Waals surface area contributed by atoms with Gasteiger partial charge in [-0.05, 0) is 253 Å². The molecular formula is C89H130B48. The lowest BCUT2D eigenvalue weighted by molar-refractivity contribution is 0.121. The van der Waals surface area contributed by atoms with Gasteiger partial charge in [-0.1, -0.05) is 158 Å². The molecule has 5 unspecified atom stereocenters. The van der Waals surface area contributed by atoms with E-state index in [1.54, 1.807) is 0 Å². The summed E-state index contributed by atoms with van der Waals surface area (Å²) in [5.41, 5.74) is -17.9. The fourth-order valence-electron chi connectivity index (χ4n) is 24.6. The zero-order valence-corrected chi connectivity index (χ0v) is 84.5. The van der Waals surface area contributed by atoms with Crippen molar-refractivity contribution in [1.29, 1.82) is 0 Å². The first kappa shape index (κ1) is 140. The monoisotopic (exact) mass is 1730 g/mol. The summed E-state index contributed by atoms with van der Waals surface area (Å²) in [5.74, 6) is -5.21. The van der Waals surface area contributed by atoms with Gasteiger partial charge in [-0.3, -0.25) is 0 Å². The maximum atomic E-state index is 7.22. The van der Waals surface area contributed by atoms with Gasteiger partial charge in [0.15, 0.2) is 0 Å². The lowest BCUT2D eigenvalue weighted by Gasteiger charge is -2.41. The molecule has 0 saturated heterocycles. The van der Waals surface area contributed by atoms with Gasteiger partial charge in [0.2, 0.25) is 0 Å². The van der Waals surface area contributed by atoms with E-state index >= 15 is 0 Å². The predicted molar refractivity (Wildman–Crippen MR) is 641 cm³/mol. The Morgan fingerprint density at radius 2 is 0.234 bits per heavy atom. The SMILES string of the molecule is [B]C([B])/C=C(\CC([B])[B])CC(CC(CC([B])[B])CC([B])[B])CC(CC(CC(CC([B])[B])CC([B])[B])CC(CC([B])[B])CC([B])[B])CC(CC(CC(CC(CC([B])[B])CC([B])[B])CC(CC([B])[B])CC([B])[B])CC(CC(CC([B])[B])CC([B])[B])CC(CC([B])[B])CC([B])[B])CC(CC(CC(CC([B])[B])CC([B])[B])CC(CC([B])[B])CC([B])[B])CC(CC(CC([B])[B])CC([B])[B])[C@@H](CC([B])[B])C([B])[B]. The lowest BCUT2D eigenvalue weighted by atomic mass is 9.51. The van der Waals surface area contributed by atoms with Gasteiger partial charge in [0.05, 0.1) is 377 Å². The Morgan fingerprint density at radius 3 is 0.350 bits per heavy atom. The molecule has 0 rings (SSSR count). The van der Waals surface area contributed by atoms with Crippen LogP contribution >= 0.6 is 0 Å². The molecule has 48 heteroatoms. The van der Waals surface area contributed by atoms with Gasteiger partial charge in [0, 0.05) is 0 Å². The summed E-state index contributed by atoms with van der Waals surface area (Å²) in [6.07, 6.45) is 20.0. The van der Waals surface area contributed by atoms with Gasteiger partial charge in [-0.15, -0.1) is 131 Å². The van der Waals surface area contributed by atoms with Crippen LogP contribution in [0.25, 0.3) is 0 Å². The minimum atomic E-state index is -0.970. The highest BCUT2D eigenvalue weighted by Crippen LogP contribution is 2.52. The molecule has 0 aromatic heterocycles. The van der Waals surface area contributed by atoms with E-state index in [9.17, 15) is 0 Å². The molecule has 96 radical (unpaired) electrons. The molecular weight excluding hydrogens is 1590 g/mol. The molecule has 137 heavy (non-hydrogen) atoms. The Bertz CT molecular complexity index is 2600. The van der Waals surface area contributed by atoms with Crippen LogP contribution in [-0.2, 0) is 0 Å². The second kappa shape index (κ2) is 78.1. The second-order valence-electron chi connectivity index (χ2n) is 44.3. The minimum Gasteiger partial charge on any atom is -0.109 e. The predicted octanol–water partition coefficient (Wildman–Crippen LogP) is 9.23. The van der Waals surface area contributed by atoms with Crippen molar-refractivity contribution in [3.05, 3.63) is 11.6 Å². The van der Waals surface area contributed by atoms with Gasteiger partial charge in [0.1, 0.15) is 0 Å². The normalized spacial score (nSPS) is 14.8. The van der Waals surface area contributed by atoms with Crippen LogP contribution in [0.1, 0.15) is 270 Å². The fraction of sp³-hybridized carbons (Fsp3) is 0.978. The van der Waals surface area contributed by atoms with Crippen LogP contribution in [0.15, 0.2) is 11.6 Å². The zero-order valence-electron chi connectivity index (χ0n) is 84.5. The van der Waals surface area contributed by atoms with Crippen LogP contribution < -0.4 is 0 Å². The van der Waals surface area contributed by atoms with E-state index in [0.717, 1.165) is 5.57 Å². The third-order valence-corrected chi connectivity index (χ3v) is 27.8. The molecule has 0 aromatic carbocycles. The second-order valence-corrected chi connectivity index (χ2v) is 44.3. The first-order valence-electron chi connectivity index (χ1n) is 51.5. The molecule has 0 aliphatic rings. The first-order chi connectivity index (χ1) is 63.5. The van der Waals surface area contributed by atoms with Crippen molar-refractivity contribution < 1.29 is 0 Å². The molecule has 0 aliphatic heterocycles. The van der Waals surface area contributed by atoms with E-state index in [0.29, 0.717) is 257 Å². The topological polar surface area (TPSA) is 0 Å². The third kappa shape index (κ3) is 77.8. The Kier molecular flexibility index (Phi) is 79.7. The minimum absolute atomic E-state index is 0.184. The van der Waals surface area contributed by atoms with E-state index in [-0.39, 0.29) is 131 Å². The van der Waals surface area contributed by atoms with Gasteiger partial charge in [-0.25, -0.2) is 0 Å². The van der Waals surface area contributed by atoms with Crippen LogP contribution in [0.2, 0.25) is 137 Å². The van der Waals surface area contributed by atoms with Crippen molar-refractivity contribution >= 4 is 377 Å². The smallest absolute Gasteiger partial charge is 0.0629 e. The molecule has 0 N–H and O–H groups in total. The molecule has 0 amide bonds. The Labute approximate surface area is 911 Å². The summed E-state index contributed by atoms with van der Waals surface area (Å²) in [6, 6.07) is 0. The molecule has 630 valence electrons. The van der Waals surface area contributed by atoms with Crippen LogP contribution in [0.5, 0.6) is 0 Å². The maximum absolute atomic E-state index is 7.22. The largest absolute Gasteiger partial charge is 0.109 e. The van der Waals surface area contributed by atoms with Crippen molar-refractivity contribution in [2.75, 3.05) is 0 Å². The van der Waals surface area contributed by atoms with E-state index in [4.69, 9.17) is 377 Å². The molecule has 0 saturated carbocycles. The van der Waals surface area contributed by atoms with Gasteiger partial charge in [-0.2, -0.15) is 0 Å². The van der Waals surface area contributed by atoms with Crippen LogP contribution in [0.4, 0.5) is 0 Å². The Hall–Kier alpha value is 2.86. The van der Waals surface area contributed by atoms with Gasteiger partial charge < -0.3 is 0 Å². The Balaban J connectivity index is 12.3. The highest BCUT2D eigenvalue weighted by atomic mass is 14.4. The van der Waals surface area contributed by atoms with Crippen molar-refractivity contribution in [2.45, 2.75) is 407 Å². The van der Waals surface area contributed by atoms with Crippen molar-refractivity contribution in [2.24, 2.45) is 124 Å². The van der Waals surface area contributed by atoms with Crippen LogP contribution in [0, 0.1) is 124 Å². The summed E-state index contributed by atoms with van der Waals surface area (Å²) >= 11 is 0. The molecule has 0 heterocycles. The number of hydrogen-bond donors (Lipinski definition) is 0. The zero-order chi connectivity index (χ0) is 105. The average Bonchev–Trinajstić information content (AvgIpc) is 0.829. The number of allylic oxidation sites excluding steroid dienone is 2. The van der Waals surface area contributed by atoms with Crippen LogP contribution in [-0.4, -0.2) is 377 Å². The molecule has 0 spiro atoms. The fourth-order valence-corrected chi connectivity index (χ4v) is 24.6. The highest BCUT2D eigenvalue weighted by Gasteiger charge is 2.40. The summed E-state index contributed by atoms with van der Waals surface area (Å²) in [5, 5.41) is 0. The molecule has 0 aliphatic carbocycles. The van der Waals surface area contributed by atoms with Crippen molar-refractivity contribution in [3.63, 3.8) is 0 Å². The summed E-state index contributed by atoms with van der Waals surface area (Å²) < 4.78 is 0. The lowest BCUT2D eigenvalue weighted by Crippen LogP contribution is -2.30. The first-order valence-corrected chi connectivity index (χ1v) is 51.5. The number of rotatable bonds is 87. The maximum Gasteiger partial charge on any atom is 0.0629 e. The van der Waals surface area contributed by atoms with Gasteiger partial charge in [0.25, 0.3) is 0 Å². The van der Waals surface area contributed by atoms with Crippen molar-refractivity contribution in [3.8, 4) is 0 Å².